The van der Waals surface area contributed by atoms with E-state index in [1.54, 1.807) is 0 Å². The van der Waals surface area contributed by atoms with Gasteiger partial charge in [0, 0.05) is 12.8 Å². The van der Waals surface area contributed by atoms with Crippen LogP contribution in [0.2, 0.25) is 0 Å². The molecule has 0 aromatic carbocycles. The molecule has 2 rings (SSSR count). The molecule has 0 aromatic heterocycles. The van der Waals surface area contributed by atoms with Crippen LogP contribution in [0.25, 0.3) is 0 Å². The van der Waals surface area contributed by atoms with E-state index in [1.165, 1.54) is 96.3 Å². The molecule has 0 aromatic rings. The highest BCUT2D eigenvalue weighted by atomic mass is 31.2. The Labute approximate surface area is 373 Å². The van der Waals surface area contributed by atoms with Gasteiger partial charge >= 0.3 is 19.8 Å². The minimum atomic E-state index is -5.12. The summed E-state index contributed by atoms with van der Waals surface area (Å²) in [7, 11) is -5.12. The van der Waals surface area contributed by atoms with Gasteiger partial charge in [0.05, 0.1) is 18.8 Å². The van der Waals surface area contributed by atoms with Gasteiger partial charge in [-0.25, -0.2) is 4.57 Å². The van der Waals surface area contributed by atoms with Crippen molar-refractivity contribution in [3.8, 4) is 0 Å². The standard InChI is InChI=1S/C47H87O14P/c1-3-5-7-9-11-12-13-14-15-16-17-18-19-20-21-25-30-34-41(49)59-37(36-58-62(55,56)61-47-45(53)43(51)42(50)44(52)46(47)54)35-57-40(48)33-29-26-22-24-28-32-39-38(60-39)31-27-23-10-8-6-4-2/h23,27,37-39,42-47,50-54H,3-22,24-26,28-36H2,1-2H3,(H,55,56)/b27-23-/t37-,38?,39?,42?,43-,44+,45-,46-,47?/m1/s1. The first kappa shape index (κ1) is 56.7. The van der Waals surface area contributed by atoms with E-state index in [1.807, 2.05) is 0 Å². The fourth-order valence-corrected chi connectivity index (χ4v) is 8.91. The van der Waals surface area contributed by atoms with Crippen molar-refractivity contribution in [1.82, 2.24) is 0 Å². The largest absolute Gasteiger partial charge is 0.472 e. The van der Waals surface area contributed by atoms with Gasteiger partial charge in [0.15, 0.2) is 6.10 Å². The highest BCUT2D eigenvalue weighted by Crippen LogP contribution is 2.47. The Morgan fingerprint density at radius 3 is 1.55 bits per heavy atom. The Hall–Kier alpha value is -1.45. The van der Waals surface area contributed by atoms with Crippen LogP contribution in [0.1, 0.15) is 206 Å². The van der Waals surface area contributed by atoms with Gasteiger partial charge in [-0.05, 0) is 38.5 Å². The Morgan fingerprint density at radius 2 is 1.02 bits per heavy atom. The molecule has 1 heterocycles. The molecule has 2 fully saturated rings. The predicted octanol–water partition coefficient (Wildman–Crippen LogP) is 8.83. The van der Waals surface area contributed by atoms with Crippen LogP contribution in [0.5, 0.6) is 0 Å². The van der Waals surface area contributed by atoms with E-state index in [9.17, 15) is 44.6 Å². The molecule has 0 spiro atoms. The molecular weight excluding hydrogens is 819 g/mol. The minimum absolute atomic E-state index is 0.0958. The maximum absolute atomic E-state index is 12.8. The first-order valence-corrected chi connectivity index (χ1v) is 26.1. The third-order valence-electron chi connectivity index (χ3n) is 12.0. The zero-order chi connectivity index (χ0) is 45.4. The molecule has 1 saturated carbocycles. The normalized spacial score (nSPS) is 25.2. The van der Waals surface area contributed by atoms with Crippen LogP contribution in [0.3, 0.4) is 0 Å². The van der Waals surface area contributed by atoms with E-state index in [0.29, 0.717) is 25.0 Å². The van der Waals surface area contributed by atoms with E-state index >= 15 is 0 Å². The zero-order valence-corrected chi connectivity index (χ0v) is 39.3. The molecular formula is C47H87O14P. The highest BCUT2D eigenvalue weighted by molar-refractivity contribution is 7.47. The lowest BCUT2D eigenvalue weighted by Crippen LogP contribution is -2.64. The van der Waals surface area contributed by atoms with E-state index in [2.05, 4.69) is 26.0 Å². The molecule has 364 valence electrons. The Balaban J connectivity index is 1.68. The highest BCUT2D eigenvalue weighted by Gasteiger charge is 2.51. The number of carbonyl (C=O) groups excluding carboxylic acids is 2. The summed E-state index contributed by atoms with van der Waals surface area (Å²) in [5, 5.41) is 50.2. The van der Waals surface area contributed by atoms with Crippen LogP contribution in [0.4, 0.5) is 0 Å². The lowest BCUT2D eigenvalue weighted by molar-refractivity contribution is -0.220. The molecule has 1 aliphatic carbocycles. The molecule has 14 nitrogen and oxygen atoms in total. The summed E-state index contributed by atoms with van der Waals surface area (Å²) in [5.74, 6) is -1.11. The van der Waals surface area contributed by atoms with Crippen molar-refractivity contribution in [3.63, 3.8) is 0 Å². The number of epoxide rings is 1. The van der Waals surface area contributed by atoms with Crippen LogP contribution in [-0.2, 0) is 37.4 Å². The SMILES string of the molecule is CCCCC/C=C\CC1OC1CCCCCCCC(=O)OC[C@H](COP(=O)(O)OC1[C@H](O)[C@H](O)C(O)[C@H](O)[C@H]1O)OC(=O)CCCCCCCCCCCCCCCCCCC. The molecule has 1 saturated heterocycles. The summed E-state index contributed by atoms with van der Waals surface area (Å²) in [6.45, 7) is 3.27. The summed E-state index contributed by atoms with van der Waals surface area (Å²) >= 11 is 0. The van der Waals surface area contributed by atoms with Crippen molar-refractivity contribution >= 4 is 19.8 Å². The van der Waals surface area contributed by atoms with Gasteiger partial charge in [-0.2, -0.15) is 0 Å². The monoisotopic (exact) mass is 907 g/mol. The fraction of sp³-hybridized carbons (Fsp3) is 0.915. The summed E-state index contributed by atoms with van der Waals surface area (Å²) in [6, 6.07) is 0. The molecule has 0 bridgehead atoms. The van der Waals surface area contributed by atoms with Crippen molar-refractivity contribution < 1.29 is 67.8 Å². The van der Waals surface area contributed by atoms with Gasteiger partial charge in [-0.1, -0.05) is 167 Å². The maximum atomic E-state index is 12.8. The van der Waals surface area contributed by atoms with Crippen LogP contribution in [-0.4, -0.2) is 111 Å². The fourth-order valence-electron chi connectivity index (χ4n) is 7.94. The molecule has 0 amide bonds. The summed E-state index contributed by atoms with van der Waals surface area (Å²) in [5.41, 5.74) is 0. The van der Waals surface area contributed by atoms with E-state index in [4.69, 9.17) is 23.3 Å². The average molecular weight is 907 g/mol. The molecule has 1 aliphatic heterocycles. The maximum Gasteiger partial charge on any atom is 0.472 e. The Morgan fingerprint density at radius 1 is 0.565 bits per heavy atom. The Bertz CT molecular complexity index is 1210. The number of hydrogen-bond acceptors (Lipinski definition) is 13. The molecule has 0 radical (unpaired) electrons. The predicted molar refractivity (Wildman–Crippen MR) is 239 cm³/mol. The number of hydrogen-bond donors (Lipinski definition) is 6. The summed E-state index contributed by atoms with van der Waals surface area (Å²) < 4.78 is 39.4. The summed E-state index contributed by atoms with van der Waals surface area (Å²) in [6.07, 6.45) is 24.2. The van der Waals surface area contributed by atoms with Crippen molar-refractivity contribution in [2.24, 2.45) is 0 Å². The van der Waals surface area contributed by atoms with Crippen molar-refractivity contribution in [1.29, 1.82) is 0 Å². The van der Waals surface area contributed by atoms with Crippen LogP contribution >= 0.6 is 7.82 Å². The second kappa shape index (κ2) is 34.8. The van der Waals surface area contributed by atoms with Gasteiger partial charge < -0.3 is 44.6 Å². The lowest BCUT2D eigenvalue weighted by Gasteiger charge is -2.41. The first-order valence-electron chi connectivity index (χ1n) is 24.6. The number of phosphoric acid groups is 1. The van der Waals surface area contributed by atoms with Crippen molar-refractivity contribution in [3.05, 3.63) is 12.2 Å². The van der Waals surface area contributed by atoms with E-state index in [-0.39, 0.29) is 12.8 Å². The van der Waals surface area contributed by atoms with E-state index < -0.39 is 75.7 Å². The number of ether oxygens (including phenoxy) is 3. The molecule has 10 atom stereocenters. The average Bonchev–Trinajstić information content (AvgIpc) is 4.01. The smallest absolute Gasteiger partial charge is 0.462 e. The number of phosphoric ester groups is 1. The number of carbonyl (C=O) groups is 2. The number of rotatable bonds is 40. The lowest BCUT2D eigenvalue weighted by atomic mass is 9.85. The van der Waals surface area contributed by atoms with Crippen LogP contribution in [0, 0.1) is 0 Å². The number of unbranched alkanes of at least 4 members (excludes halogenated alkanes) is 23. The second-order valence-corrected chi connectivity index (χ2v) is 19.1. The zero-order valence-electron chi connectivity index (χ0n) is 38.4. The van der Waals surface area contributed by atoms with Crippen LogP contribution < -0.4 is 0 Å². The molecule has 62 heavy (non-hydrogen) atoms. The molecule has 6 N–H and O–H groups in total. The molecule has 15 heteroatoms. The molecule has 2 aliphatic rings. The quantitative estimate of drug-likeness (QED) is 0.0111. The Kier molecular flexibility index (Phi) is 31.8. The number of allylic oxidation sites excluding steroid dienone is 1. The van der Waals surface area contributed by atoms with Gasteiger partial charge in [0.2, 0.25) is 0 Å². The van der Waals surface area contributed by atoms with E-state index in [0.717, 1.165) is 70.6 Å². The number of aliphatic hydroxyl groups is 5. The third-order valence-corrected chi connectivity index (χ3v) is 13.0. The molecule has 5 unspecified atom stereocenters. The third kappa shape index (κ3) is 26.5. The topological polar surface area (TPSA) is 222 Å². The minimum Gasteiger partial charge on any atom is -0.462 e. The summed E-state index contributed by atoms with van der Waals surface area (Å²) in [4.78, 5) is 35.8. The van der Waals surface area contributed by atoms with Gasteiger partial charge in [-0.3, -0.25) is 18.6 Å². The van der Waals surface area contributed by atoms with Crippen molar-refractivity contribution in [2.45, 2.75) is 261 Å². The van der Waals surface area contributed by atoms with Gasteiger partial charge in [-0.15, -0.1) is 0 Å². The number of esters is 2. The van der Waals surface area contributed by atoms with Crippen LogP contribution in [0.15, 0.2) is 12.2 Å². The second-order valence-electron chi connectivity index (χ2n) is 17.7. The number of aliphatic hydroxyl groups excluding tert-OH is 5. The van der Waals surface area contributed by atoms with Gasteiger partial charge in [0.25, 0.3) is 0 Å². The van der Waals surface area contributed by atoms with Crippen molar-refractivity contribution in [2.75, 3.05) is 13.2 Å². The van der Waals surface area contributed by atoms with Gasteiger partial charge in [0.1, 0.15) is 43.2 Å². The first-order chi connectivity index (χ1) is 29.9.